The molecule has 3 aliphatic carbocycles. The quantitative estimate of drug-likeness (QED) is 0.599. The normalized spacial score (nSPS) is 47.1. The van der Waals surface area contributed by atoms with Crippen LogP contribution in [0.1, 0.15) is 0 Å². The fourth-order valence-electron chi connectivity index (χ4n) is 3.07. The van der Waals surface area contributed by atoms with Gasteiger partial charge in [0.2, 0.25) is 0 Å². The van der Waals surface area contributed by atoms with E-state index < -0.39 is 37.5 Å². The summed E-state index contributed by atoms with van der Waals surface area (Å²) >= 11 is 37.6. The summed E-state index contributed by atoms with van der Waals surface area (Å²) in [5, 5.41) is -0.151. The van der Waals surface area contributed by atoms with Crippen molar-refractivity contribution in [2.45, 2.75) is 14.1 Å². The Morgan fingerprint density at radius 3 is 1.42 bits per heavy atom. The minimum atomic E-state index is -1.86. The lowest BCUT2D eigenvalue weighted by molar-refractivity contribution is -0.128. The maximum absolute atomic E-state index is 12.1. The third-order valence-electron chi connectivity index (χ3n) is 3.96. The van der Waals surface area contributed by atoms with E-state index in [9.17, 15) is 9.59 Å². The van der Waals surface area contributed by atoms with Crippen LogP contribution in [-0.4, -0.2) is 25.6 Å². The van der Waals surface area contributed by atoms with E-state index >= 15 is 0 Å². The van der Waals surface area contributed by atoms with Crippen LogP contribution in [0.4, 0.5) is 0 Å². The first kappa shape index (κ1) is 14.5. The molecule has 0 aliphatic heterocycles. The Morgan fingerprint density at radius 1 is 0.789 bits per heavy atom. The molecule has 2 nitrogen and oxygen atoms in total. The summed E-state index contributed by atoms with van der Waals surface area (Å²) in [5.41, 5.74) is 0. The van der Waals surface area contributed by atoms with Crippen LogP contribution in [0.25, 0.3) is 0 Å². The Kier molecular flexibility index (Phi) is 2.94. The number of halogens is 6. The number of hydrogen-bond acceptors (Lipinski definition) is 2. The zero-order chi connectivity index (χ0) is 14.4. The largest absolute Gasteiger partial charge is 0.294 e. The van der Waals surface area contributed by atoms with E-state index in [1.165, 1.54) is 0 Å². The molecule has 0 aromatic carbocycles. The summed E-state index contributed by atoms with van der Waals surface area (Å²) in [6, 6.07) is 0. The molecule has 0 heterocycles. The third-order valence-corrected chi connectivity index (χ3v) is 8.22. The molecule has 102 valence electrons. The van der Waals surface area contributed by atoms with Crippen molar-refractivity contribution < 1.29 is 9.59 Å². The van der Waals surface area contributed by atoms with Crippen molar-refractivity contribution in [1.82, 2.24) is 0 Å². The van der Waals surface area contributed by atoms with Crippen LogP contribution >= 0.6 is 69.6 Å². The van der Waals surface area contributed by atoms with E-state index in [0.29, 0.717) is 0 Å². The lowest BCUT2D eigenvalue weighted by Crippen LogP contribution is -2.46. The van der Waals surface area contributed by atoms with Crippen molar-refractivity contribution >= 4 is 81.2 Å². The molecule has 19 heavy (non-hydrogen) atoms. The smallest absolute Gasteiger partial charge is 0.167 e. The summed E-state index contributed by atoms with van der Waals surface area (Å²) in [7, 11) is 0. The second-order valence-electron chi connectivity index (χ2n) is 4.72. The van der Waals surface area contributed by atoms with Crippen LogP contribution < -0.4 is 0 Å². The molecule has 0 aromatic rings. The Labute approximate surface area is 138 Å². The molecule has 1 fully saturated rings. The first-order valence-electron chi connectivity index (χ1n) is 5.19. The molecule has 2 bridgehead atoms. The standard InChI is InChI=1S/C11H4Cl6O2/c12-7-8(13)10(15)6-4(19)2-1-3(18)5(6)9(7,14)11(10,16)17/h1-2,5-6H/t5-,6+,9-,10+. The van der Waals surface area contributed by atoms with Gasteiger partial charge in [0.25, 0.3) is 0 Å². The zero-order valence-electron chi connectivity index (χ0n) is 8.89. The van der Waals surface area contributed by atoms with Gasteiger partial charge in [-0.05, 0) is 12.2 Å². The molecule has 3 aliphatic rings. The molecule has 0 aromatic heterocycles. The van der Waals surface area contributed by atoms with Crippen LogP contribution in [0, 0.1) is 11.8 Å². The minimum Gasteiger partial charge on any atom is -0.294 e. The van der Waals surface area contributed by atoms with Crippen molar-refractivity contribution in [1.29, 1.82) is 0 Å². The van der Waals surface area contributed by atoms with Crippen LogP contribution in [0.3, 0.4) is 0 Å². The molecular weight excluding hydrogens is 377 g/mol. The van der Waals surface area contributed by atoms with Crippen molar-refractivity contribution in [3.8, 4) is 0 Å². The molecule has 1 saturated carbocycles. The average molecular weight is 381 g/mol. The predicted octanol–water partition coefficient (Wildman–Crippen LogP) is 3.77. The van der Waals surface area contributed by atoms with E-state index in [4.69, 9.17) is 69.6 Å². The highest BCUT2D eigenvalue weighted by atomic mass is 35.5. The number of alkyl halides is 4. The number of fused-ring (bicyclic) bond motifs is 5. The summed E-state index contributed by atoms with van der Waals surface area (Å²) in [5.74, 6) is -2.83. The van der Waals surface area contributed by atoms with Gasteiger partial charge in [-0.15, -0.1) is 23.2 Å². The maximum Gasteiger partial charge on any atom is 0.167 e. The van der Waals surface area contributed by atoms with Gasteiger partial charge in [0.15, 0.2) is 15.9 Å². The molecular formula is C11H4Cl6O2. The number of hydrogen-bond donors (Lipinski definition) is 0. The molecule has 3 rings (SSSR count). The van der Waals surface area contributed by atoms with E-state index in [1.54, 1.807) is 0 Å². The second kappa shape index (κ2) is 3.85. The molecule has 0 saturated heterocycles. The first-order valence-corrected chi connectivity index (χ1v) is 7.46. The molecule has 0 spiro atoms. The highest BCUT2D eigenvalue weighted by molar-refractivity contribution is 6.66. The first-order chi connectivity index (χ1) is 8.61. The maximum atomic E-state index is 12.1. The Bertz CT molecular complexity index is 546. The van der Waals surface area contributed by atoms with E-state index in [1.807, 2.05) is 0 Å². The van der Waals surface area contributed by atoms with Crippen LogP contribution in [0.15, 0.2) is 22.2 Å². The van der Waals surface area contributed by atoms with Crippen molar-refractivity contribution in [3.63, 3.8) is 0 Å². The SMILES string of the molecule is O=C1C=CC(=O)[C@H]2[C@@H]1[C@@]1(Cl)C(Cl)=C(Cl)[C@]2(Cl)C1(Cl)Cl. The molecule has 0 amide bonds. The summed E-state index contributed by atoms with van der Waals surface area (Å²) in [4.78, 5) is 20.8. The highest BCUT2D eigenvalue weighted by Gasteiger charge is 2.84. The monoisotopic (exact) mass is 378 g/mol. The van der Waals surface area contributed by atoms with Gasteiger partial charge in [-0.2, -0.15) is 0 Å². The fraction of sp³-hybridized carbons (Fsp3) is 0.455. The lowest BCUT2D eigenvalue weighted by Gasteiger charge is -2.35. The van der Waals surface area contributed by atoms with Crippen LogP contribution in [-0.2, 0) is 9.59 Å². The van der Waals surface area contributed by atoms with Gasteiger partial charge >= 0.3 is 0 Å². The molecule has 0 N–H and O–H groups in total. The minimum absolute atomic E-state index is 0.0754. The summed E-state index contributed by atoms with van der Waals surface area (Å²) < 4.78 is -1.86. The fourth-order valence-corrected chi connectivity index (χ4v) is 6.03. The number of allylic oxidation sites excluding steroid dienone is 4. The molecule has 0 radical (unpaired) electrons. The van der Waals surface area contributed by atoms with Crippen LogP contribution in [0.5, 0.6) is 0 Å². The number of carbonyl (C=O) groups excluding carboxylic acids is 2. The van der Waals surface area contributed by atoms with E-state index in [0.717, 1.165) is 12.2 Å². The second-order valence-corrected chi connectivity index (χ2v) is 7.99. The lowest BCUT2D eigenvalue weighted by atomic mass is 9.74. The number of ketones is 2. The van der Waals surface area contributed by atoms with Crippen LogP contribution in [0.2, 0.25) is 0 Å². The van der Waals surface area contributed by atoms with Crippen molar-refractivity contribution in [2.24, 2.45) is 11.8 Å². The van der Waals surface area contributed by atoms with Gasteiger partial charge in [0, 0.05) is 0 Å². The average Bonchev–Trinajstić information content (AvgIpc) is 2.55. The number of carbonyl (C=O) groups is 2. The zero-order valence-corrected chi connectivity index (χ0v) is 13.4. The van der Waals surface area contributed by atoms with Gasteiger partial charge in [-0.25, -0.2) is 0 Å². The van der Waals surface area contributed by atoms with E-state index in [2.05, 4.69) is 0 Å². The molecule has 4 atom stereocenters. The number of rotatable bonds is 0. The topological polar surface area (TPSA) is 34.1 Å². The highest BCUT2D eigenvalue weighted by Crippen LogP contribution is 2.76. The van der Waals surface area contributed by atoms with Gasteiger partial charge in [-0.1, -0.05) is 46.4 Å². The van der Waals surface area contributed by atoms with Crippen molar-refractivity contribution in [2.75, 3.05) is 0 Å². The molecule has 0 unspecified atom stereocenters. The Hall–Kier alpha value is 0.560. The van der Waals surface area contributed by atoms with Crippen molar-refractivity contribution in [3.05, 3.63) is 22.2 Å². The Balaban J connectivity index is 2.38. The third kappa shape index (κ3) is 1.26. The molecule has 8 heteroatoms. The Morgan fingerprint density at radius 2 is 1.11 bits per heavy atom. The summed E-state index contributed by atoms with van der Waals surface area (Å²) in [6.07, 6.45) is 2.27. The van der Waals surface area contributed by atoms with E-state index in [-0.39, 0.29) is 10.1 Å². The van der Waals surface area contributed by atoms with Gasteiger partial charge in [0.05, 0.1) is 21.9 Å². The summed E-state index contributed by atoms with van der Waals surface area (Å²) in [6.45, 7) is 0. The predicted molar refractivity (Wildman–Crippen MR) is 76.5 cm³/mol. The van der Waals surface area contributed by atoms with Gasteiger partial charge in [0.1, 0.15) is 9.75 Å². The van der Waals surface area contributed by atoms with Gasteiger partial charge < -0.3 is 0 Å². The van der Waals surface area contributed by atoms with Gasteiger partial charge in [-0.3, -0.25) is 9.59 Å².